The predicted molar refractivity (Wildman–Crippen MR) is 121 cm³/mol. The molecular weight excluding hydrogens is 388 g/mol. The fourth-order valence-electron chi connectivity index (χ4n) is 4.22. The third kappa shape index (κ3) is 5.10. The number of imidazole rings is 1. The number of aromatic nitrogens is 4. The molecule has 0 saturated carbocycles. The number of pyridine rings is 2. The number of rotatable bonds is 7. The van der Waals surface area contributed by atoms with Crippen LogP contribution in [0.15, 0.2) is 55.0 Å². The number of nitrogens with one attached hydrogen (secondary N) is 1. The van der Waals surface area contributed by atoms with Gasteiger partial charge in [0.25, 0.3) is 0 Å². The van der Waals surface area contributed by atoms with Crippen LogP contribution < -0.4 is 5.32 Å². The minimum Gasteiger partial charge on any atom is -0.342 e. The largest absolute Gasteiger partial charge is 0.342 e. The maximum atomic E-state index is 13.0. The van der Waals surface area contributed by atoms with Gasteiger partial charge in [-0.15, -0.1) is 0 Å². The van der Waals surface area contributed by atoms with Crippen molar-refractivity contribution in [1.29, 1.82) is 0 Å². The molecule has 7 heteroatoms. The Morgan fingerprint density at radius 3 is 2.65 bits per heavy atom. The second-order valence-corrected chi connectivity index (χ2v) is 8.14. The van der Waals surface area contributed by atoms with E-state index in [0.717, 1.165) is 55.5 Å². The molecule has 1 atom stereocenters. The van der Waals surface area contributed by atoms with Crippen molar-refractivity contribution in [2.75, 3.05) is 18.4 Å². The summed E-state index contributed by atoms with van der Waals surface area (Å²) in [5.74, 6) is 3.16. The lowest BCUT2D eigenvalue weighted by Crippen LogP contribution is -2.41. The van der Waals surface area contributed by atoms with Gasteiger partial charge in [0.15, 0.2) is 0 Å². The summed E-state index contributed by atoms with van der Waals surface area (Å²) in [7, 11) is 0. The Morgan fingerprint density at radius 1 is 1.10 bits per heavy atom. The lowest BCUT2D eigenvalue weighted by molar-refractivity contribution is -0.136. The van der Waals surface area contributed by atoms with Crippen LogP contribution in [0.1, 0.15) is 44.1 Å². The van der Waals surface area contributed by atoms with E-state index >= 15 is 0 Å². The summed E-state index contributed by atoms with van der Waals surface area (Å²) in [5.41, 5.74) is 1.08. The highest BCUT2D eigenvalue weighted by Gasteiger charge is 2.27. The number of amides is 1. The van der Waals surface area contributed by atoms with Crippen LogP contribution in [-0.4, -0.2) is 43.4 Å². The van der Waals surface area contributed by atoms with Gasteiger partial charge in [-0.1, -0.05) is 26.0 Å². The number of likely N-dealkylation sites (tertiary alicyclic amines) is 1. The standard InChI is InChI=1S/C24H30N6O/c1-3-23-26-13-16-30(23)17-18(2)24(31)29-14-10-19(11-15-29)20-7-6-9-22(27-20)28-21-8-4-5-12-25-21/h4-9,12-13,16,18-19H,3,10-11,14-15,17H2,1-2H3,(H,25,27,28)/t18-/m0/s1. The third-order valence-electron chi connectivity index (χ3n) is 5.93. The summed E-state index contributed by atoms with van der Waals surface area (Å²) in [6, 6.07) is 11.8. The zero-order valence-electron chi connectivity index (χ0n) is 18.2. The summed E-state index contributed by atoms with van der Waals surface area (Å²) in [5, 5.41) is 3.26. The molecule has 0 bridgehead atoms. The van der Waals surface area contributed by atoms with Crippen molar-refractivity contribution in [2.45, 2.75) is 45.6 Å². The summed E-state index contributed by atoms with van der Waals surface area (Å²) in [6.07, 6.45) is 8.28. The predicted octanol–water partition coefficient (Wildman–Crippen LogP) is 4.02. The number of hydrogen-bond acceptors (Lipinski definition) is 5. The van der Waals surface area contributed by atoms with E-state index in [9.17, 15) is 4.79 Å². The highest BCUT2D eigenvalue weighted by molar-refractivity contribution is 5.78. The van der Waals surface area contributed by atoms with Crippen LogP contribution in [0.3, 0.4) is 0 Å². The van der Waals surface area contributed by atoms with Crippen LogP contribution in [0.4, 0.5) is 11.6 Å². The molecule has 4 rings (SSSR count). The second kappa shape index (κ2) is 9.73. The second-order valence-electron chi connectivity index (χ2n) is 8.14. The van der Waals surface area contributed by atoms with Crippen molar-refractivity contribution in [3.63, 3.8) is 0 Å². The summed E-state index contributed by atoms with van der Waals surface area (Å²) >= 11 is 0. The monoisotopic (exact) mass is 418 g/mol. The van der Waals surface area contributed by atoms with Gasteiger partial charge in [-0.05, 0) is 37.1 Å². The zero-order chi connectivity index (χ0) is 21.6. The minimum absolute atomic E-state index is 0.0555. The smallest absolute Gasteiger partial charge is 0.227 e. The van der Waals surface area contributed by atoms with Crippen LogP contribution in [-0.2, 0) is 17.8 Å². The molecule has 0 radical (unpaired) electrons. The first-order valence-electron chi connectivity index (χ1n) is 11.1. The Labute approximate surface area is 183 Å². The molecule has 0 unspecified atom stereocenters. The molecular formula is C24H30N6O. The van der Waals surface area contributed by atoms with E-state index in [1.54, 1.807) is 6.20 Å². The number of nitrogens with zero attached hydrogens (tertiary/aromatic N) is 5. The lowest BCUT2D eigenvalue weighted by Gasteiger charge is -2.33. The van der Waals surface area contributed by atoms with Crippen molar-refractivity contribution < 1.29 is 4.79 Å². The topological polar surface area (TPSA) is 75.9 Å². The van der Waals surface area contributed by atoms with Crippen molar-refractivity contribution in [1.82, 2.24) is 24.4 Å². The van der Waals surface area contributed by atoms with Crippen LogP contribution >= 0.6 is 0 Å². The molecule has 4 heterocycles. The fraction of sp³-hybridized carbons (Fsp3) is 0.417. The first-order valence-corrected chi connectivity index (χ1v) is 11.1. The molecule has 3 aromatic heterocycles. The van der Waals surface area contributed by atoms with Gasteiger partial charge in [0.2, 0.25) is 5.91 Å². The summed E-state index contributed by atoms with van der Waals surface area (Å²) in [4.78, 5) is 28.5. The number of anilines is 2. The molecule has 0 aliphatic carbocycles. The molecule has 0 spiro atoms. The maximum absolute atomic E-state index is 13.0. The van der Waals surface area contributed by atoms with Crippen molar-refractivity contribution in [3.05, 3.63) is 66.5 Å². The van der Waals surface area contributed by atoms with E-state index in [0.29, 0.717) is 12.5 Å². The van der Waals surface area contributed by atoms with Crippen molar-refractivity contribution in [2.24, 2.45) is 5.92 Å². The van der Waals surface area contributed by atoms with Gasteiger partial charge < -0.3 is 14.8 Å². The van der Waals surface area contributed by atoms with Gasteiger partial charge in [-0.2, -0.15) is 0 Å². The van der Waals surface area contributed by atoms with E-state index in [2.05, 4.69) is 32.8 Å². The number of carbonyl (C=O) groups is 1. The number of hydrogen-bond donors (Lipinski definition) is 1. The van der Waals surface area contributed by atoms with E-state index < -0.39 is 0 Å². The van der Waals surface area contributed by atoms with Gasteiger partial charge in [-0.3, -0.25) is 4.79 Å². The molecule has 1 saturated heterocycles. The van der Waals surface area contributed by atoms with E-state index in [1.807, 2.05) is 54.5 Å². The molecule has 1 aliphatic heterocycles. The first-order chi connectivity index (χ1) is 15.1. The van der Waals surface area contributed by atoms with Gasteiger partial charge in [-0.25, -0.2) is 15.0 Å². The van der Waals surface area contributed by atoms with Crippen LogP contribution in [0.25, 0.3) is 0 Å². The third-order valence-corrected chi connectivity index (χ3v) is 5.93. The molecule has 1 amide bonds. The average Bonchev–Trinajstić information content (AvgIpc) is 3.26. The van der Waals surface area contributed by atoms with Crippen LogP contribution in [0, 0.1) is 5.92 Å². The molecule has 1 fully saturated rings. The SMILES string of the molecule is CCc1nccn1C[C@H](C)C(=O)N1CCC(c2cccc(Nc3ccccn3)n2)CC1. The van der Waals surface area contributed by atoms with Gasteiger partial charge in [0, 0.05) is 56.3 Å². The lowest BCUT2D eigenvalue weighted by atomic mass is 9.92. The van der Waals surface area contributed by atoms with E-state index in [1.165, 1.54) is 0 Å². The molecule has 7 nitrogen and oxygen atoms in total. The Hall–Kier alpha value is -3.22. The Balaban J connectivity index is 1.33. The quantitative estimate of drug-likeness (QED) is 0.627. The Bertz CT molecular complexity index is 994. The Morgan fingerprint density at radius 2 is 1.90 bits per heavy atom. The highest BCUT2D eigenvalue weighted by atomic mass is 16.2. The van der Waals surface area contributed by atoms with E-state index in [4.69, 9.17) is 4.98 Å². The summed E-state index contributed by atoms with van der Waals surface area (Å²) < 4.78 is 2.10. The maximum Gasteiger partial charge on any atom is 0.227 e. The van der Waals surface area contributed by atoms with Crippen LogP contribution in [0.2, 0.25) is 0 Å². The summed E-state index contributed by atoms with van der Waals surface area (Å²) in [6.45, 7) is 6.34. The molecule has 31 heavy (non-hydrogen) atoms. The fourth-order valence-corrected chi connectivity index (χ4v) is 4.22. The Kier molecular flexibility index (Phi) is 6.60. The minimum atomic E-state index is -0.0555. The molecule has 3 aromatic rings. The first kappa shape index (κ1) is 21.0. The van der Waals surface area contributed by atoms with Crippen LogP contribution in [0.5, 0.6) is 0 Å². The van der Waals surface area contributed by atoms with Gasteiger partial charge >= 0.3 is 0 Å². The molecule has 1 N–H and O–H groups in total. The highest BCUT2D eigenvalue weighted by Crippen LogP contribution is 2.28. The molecule has 0 aromatic carbocycles. The van der Waals surface area contributed by atoms with Crippen molar-refractivity contribution >= 4 is 17.5 Å². The van der Waals surface area contributed by atoms with Crippen molar-refractivity contribution in [3.8, 4) is 0 Å². The van der Waals surface area contributed by atoms with Gasteiger partial charge in [0.1, 0.15) is 17.5 Å². The number of aryl methyl sites for hydroxylation is 1. The number of carbonyl (C=O) groups excluding carboxylic acids is 1. The normalized spacial score (nSPS) is 15.6. The van der Waals surface area contributed by atoms with Gasteiger partial charge in [0.05, 0.1) is 5.92 Å². The van der Waals surface area contributed by atoms with E-state index in [-0.39, 0.29) is 11.8 Å². The molecule has 162 valence electrons. The average molecular weight is 419 g/mol. The molecule has 1 aliphatic rings. The number of piperidine rings is 1. The zero-order valence-corrected chi connectivity index (χ0v) is 18.2.